The number of hydrogen-bond donors (Lipinski definition) is 1. The summed E-state index contributed by atoms with van der Waals surface area (Å²) < 4.78 is 2.02. The van der Waals surface area contributed by atoms with Gasteiger partial charge in [0, 0.05) is 17.1 Å². The largest absolute Gasteiger partial charge is 0.321 e. The highest BCUT2D eigenvalue weighted by Gasteiger charge is 2.15. The third kappa shape index (κ3) is 3.85. The molecule has 1 heterocycles. The van der Waals surface area contributed by atoms with Crippen molar-refractivity contribution in [2.75, 3.05) is 5.32 Å². The summed E-state index contributed by atoms with van der Waals surface area (Å²) in [7, 11) is 0. The van der Waals surface area contributed by atoms with Crippen LogP contribution in [0.1, 0.15) is 22.5 Å². The van der Waals surface area contributed by atoms with Gasteiger partial charge >= 0.3 is 0 Å². The van der Waals surface area contributed by atoms with Crippen LogP contribution in [-0.4, -0.2) is 10.5 Å². The van der Waals surface area contributed by atoms with E-state index in [1.54, 1.807) is 6.08 Å². The minimum absolute atomic E-state index is 0.0441. The van der Waals surface area contributed by atoms with E-state index in [4.69, 9.17) is 11.6 Å². The van der Waals surface area contributed by atoms with Crippen molar-refractivity contribution >= 4 is 29.3 Å². The van der Waals surface area contributed by atoms with Crippen molar-refractivity contribution < 1.29 is 4.79 Å². The van der Waals surface area contributed by atoms with Crippen molar-refractivity contribution in [3.8, 4) is 11.8 Å². The molecular weight excluding hydrogens is 370 g/mol. The topological polar surface area (TPSA) is 57.8 Å². The monoisotopic (exact) mass is 389 g/mol. The van der Waals surface area contributed by atoms with E-state index in [0.29, 0.717) is 10.7 Å². The summed E-state index contributed by atoms with van der Waals surface area (Å²) in [5.74, 6) is -0.431. The number of aromatic nitrogens is 1. The summed E-state index contributed by atoms with van der Waals surface area (Å²) >= 11 is 6.35. The third-order valence-electron chi connectivity index (χ3n) is 4.62. The Balaban J connectivity index is 1.97. The van der Waals surface area contributed by atoms with Crippen LogP contribution in [0.15, 0.2) is 60.2 Å². The maximum absolute atomic E-state index is 12.6. The molecule has 1 amide bonds. The lowest BCUT2D eigenvalue weighted by molar-refractivity contribution is -0.112. The lowest BCUT2D eigenvalue weighted by Crippen LogP contribution is -2.14. The molecule has 1 N–H and O–H groups in total. The zero-order valence-electron chi connectivity index (χ0n) is 16.0. The minimum atomic E-state index is -0.431. The zero-order valence-corrected chi connectivity index (χ0v) is 16.7. The van der Waals surface area contributed by atoms with Crippen molar-refractivity contribution in [3.63, 3.8) is 0 Å². The Bertz CT molecular complexity index is 1120. The number of para-hydroxylation sites is 2. The van der Waals surface area contributed by atoms with E-state index in [9.17, 15) is 10.1 Å². The molecule has 0 aliphatic rings. The predicted octanol–water partition coefficient (Wildman–Crippen LogP) is 5.60. The van der Waals surface area contributed by atoms with Gasteiger partial charge in [0.05, 0.1) is 10.7 Å². The third-order valence-corrected chi connectivity index (χ3v) is 4.94. The summed E-state index contributed by atoms with van der Waals surface area (Å²) in [6.45, 7) is 5.81. The van der Waals surface area contributed by atoms with E-state index >= 15 is 0 Å². The molecule has 5 heteroatoms. The number of amides is 1. The van der Waals surface area contributed by atoms with Gasteiger partial charge in [-0.1, -0.05) is 41.9 Å². The van der Waals surface area contributed by atoms with Gasteiger partial charge in [-0.3, -0.25) is 4.79 Å². The maximum Gasteiger partial charge on any atom is 0.266 e. The van der Waals surface area contributed by atoms with Gasteiger partial charge in [-0.05, 0) is 62.2 Å². The quantitative estimate of drug-likeness (QED) is 0.466. The van der Waals surface area contributed by atoms with Crippen molar-refractivity contribution in [1.29, 1.82) is 5.26 Å². The van der Waals surface area contributed by atoms with Gasteiger partial charge in [0.15, 0.2) is 0 Å². The number of nitriles is 1. The molecule has 0 unspecified atom stereocenters. The molecule has 28 heavy (non-hydrogen) atoms. The van der Waals surface area contributed by atoms with E-state index in [1.807, 2.05) is 86.0 Å². The summed E-state index contributed by atoms with van der Waals surface area (Å²) in [5, 5.41) is 13.0. The molecule has 2 aromatic carbocycles. The fourth-order valence-corrected chi connectivity index (χ4v) is 3.36. The van der Waals surface area contributed by atoms with Crippen LogP contribution >= 0.6 is 11.6 Å². The molecule has 0 radical (unpaired) electrons. The second-order valence-electron chi connectivity index (χ2n) is 6.55. The molecule has 0 fully saturated rings. The first-order valence-electron chi connectivity index (χ1n) is 8.85. The molecule has 1 aromatic heterocycles. The molecule has 4 nitrogen and oxygen atoms in total. The molecule has 0 bridgehead atoms. The Kier molecular flexibility index (Phi) is 5.67. The fraction of sp³-hybridized carbons (Fsp3) is 0.130. The summed E-state index contributed by atoms with van der Waals surface area (Å²) in [5.41, 5.74) is 5.20. The number of anilines is 1. The van der Waals surface area contributed by atoms with Crippen molar-refractivity contribution in [2.45, 2.75) is 20.8 Å². The van der Waals surface area contributed by atoms with E-state index < -0.39 is 5.91 Å². The number of carbonyl (C=O) groups excluding carboxylic acids is 1. The average molecular weight is 390 g/mol. The van der Waals surface area contributed by atoms with E-state index in [2.05, 4.69) is 5.32 Å². The predicted molar refractivity (Wildman–Crippen MR) is 114 cm³/mol. The Hall–Kier alpha value is -3.29. The van der Waals surface area contributed by atoms with E-state index in [0.717, 1.165) is 28.2 Å². The molecular formula is C23H20ClN3O. The van der Waals surface area contributed by atoms with Crippen LogP contribution in [0.4, 0.5) is 5.69 Å². The normalized spacial score (nSPS) is 11.2. The van der Waals surface area contributed by atoms with Crippen molar-refractivity contribution in [2.24, 2.45) is 0 Å². The van der Waals surface area contributed by atoms with Crippen molar-refractivity contribution in [3.05, 3.63) is 87.7 Å². The molecule has 3 rings (SSSR count). The standard InChI is InChI=1S/C23H20ClN3O/c1-15-8-4-6-10-21(15)26-23(28)19(14-25)13-18-12-16(2)27(17(18)3)22-11-7-5-9-20(22)24/h4-13H,1-3H3,(H,26,28)/b19-13-. The highest BCUT2D eigenvalue weighted by molar-refractivity contribution is 6.32. The van der Waals surface area contributed by atoms with E-state index in [-0.39, 0.29) is 5.57 Å². The lowest BCUT2D eigenvalue weighted by Gasteiger charge is -2.11. The highest BCUT2D eigenvalue weighted by atomic mass is 35.5. The fourth-order valence-electron chi connectivity index (χ4n) is 3.14. The van der Waals surface area contributed by atoms with Crippen LogP contribution in [-0.2, 0) is 4.79 Å². The van der Waals surface area contributed by atoms with Crippen LogP contribution in [0.25, 0.3) is 11.8 Å². The molecule has 0 atom stereocenters. The number of carbonyl (C=O) groups is 1. The van der Waals surface area contributed by atoms with Gasteiger partial charge < -0.3 is 9.88 Å². The first kappa shape index (κ1) is 19.5. The zero-order chi connectivity index (χ0) is 20.3. The number of halogens is 1. The van der Waals surface area contributed by atoms with Crippen LogP contribution < -0.4 is 5.32 Å². The molecule has 140 valence electrons. The minimum Gasteiger partial charge on any atom is -0.321 e. The highest BCUT2D eigenvalue weighted by Crippen LogP contribution is 2.27. The Morgan fingerprint density at radius 3 is 2.46 bits per heavy atom. The second-order valence-corrected chi connectivity index (χ2v) is 6.96. The number of aryl methyl sites for hydroxylation is 2. The SMILES string of the molecule is Cc1ccccc1NC(=O)/C(C#N)=C\c1cc(C)n(-c2ccccc2Cl)c1C. The van der Waals surface area contributed by atoms with E-state index in [1.165, 1.54) is 0 Å². The number of hydrogen-bond acceptors (Lipinski definition) is 2. The summed E-state index contributed by atoms with van der Waals surface area (Å²) in [6, 6.07) is 19.0. The maximum atomic E-state index is 12.6. The van der Waals surface area contributed by atoms with Gasteiger partial charge in [-0.2, -0.15) is 5.26 Å². The Morgan fingerprint density at radius 1 is 1.11 bits per heavy atom. The van der Waals surface area contributed by atoms with Crippen LogP contribution in [0.5, 0.6) is 0 Å². The van der Waals surface area contributed by atoms with Crippen LogP contribution in [0.3, 0.4) is 0 Å². The number of nitrogens with zero attached hydrogens (tertiary/aromatic N) is 2. The number of benzene rings is 2. The van der Waals surface area contributed by atoms with Gasteiger partial charge in [0.25, 0.3) is 5.91 Å². The van der Waals surface area contributed by atoms with Gasteiger partial charge in [0.1, 0.15) is 11.6 Å². The smallest absolute Gasteiger partial charge is 0.266 e. The number of nitrogens with one attached hydrogen (secondary N) is 1. The van der Waals surface area contributed by atoms with Crippen molar-refractivity contribution in [1.82, 2.24) is 4.57 Å². The Morgan fingerprint density at radius 2 is 1.79 bits per heavy atom. The second kappa shape index (κ2) is 8.16. The molecule has 0 saturated heterocycles. The molecule has 0 aliphatic carbocycles. The van der Waals surface area contributed by atoms with Crippen LogP contribution in [0, 0.1) is 32.1 Å². The Labute approximate surface area is 169 Å². The van der Waals surface area contributed by atoms with Gasteiger partial charge in [-0.15, -0.1) is 0 Å². The number of rotatable bonds is 4. The summed E-state index contributed by atoms with van der Waals surface area (Å²) in [6.07, 6.45) is 1.61. The van der Waals surface area contributed by atoms with Crippen LogP contribution in [0.2, 0.25) is 5.02 Å². The molecule has 0 saturated carbocycles. The first-order valence-corrected chi connectivity index (χ1v) is 9.22. The molecule has 3 aromatic rings. The molecule has 0 spiro atoms. The molecule has 0 aliphatic heterocycles. The average Bonchev–Trinajstić information content (AvgIpc) is 2.95. The summed E-state index contributed by atoms with van der Waals surface area (Å²) in [4.78, 5) is 12.6. The van der Waals surface area contributed by atoms with Gasteiger partial charge in [-0.25, -0.2) is 0 Å². The first-order chi connectivity index (χ1) is 13.4. The lowest BCUT2D eigenvalue weighted by atomic mass is 10.1. The van der Waals surface area contributed by atoms with Gasteiger partial charge in [0.2, 0.25) is 0 Å².